The molecule has 1 saturated carbocycles. The van der Waals surface area contributed by atoms with E-state index < -0.39 is 15.7 Å². The van der Waals surface area contributed by atoms with Crippen molar-refractivity contribution in [1.29, 1.82) is 0 Å². The number of nitrogens with zero attached hydrogens (tertiary/aromatic N) is 5. The largest absolute Gasteiger partial charge is 0.474 e. The molecule has 1 aromatic carbocycles. The van der Waals surface area contributed by atoms with E-state index >= 15 is 0 Å². The van der Waals surface area contributed by atoms with Crippen LogP contribution in [0, 0.1) is 12.7 Å². The van der Waals surface area contributed by atoms with Crippen molar-refractivity contribution in [2.75, 3.05) is 6.26 Å². The summed E-state index contributed by atoms with van der Waals surface area (Å²) in [5, 5.41) is 12.5. The van der Waals surface area contributed by atoms with Crippen LogP contribution in [0.15, 0.2) is 39.9 Å². The summed E-state index contributed by atoms with van der Waals surface area (Å²) in [6, 6.07) is 5.62. The van der Waals surface area contributed by atoms with Gasteiger partial charge in [-0.2, -0.15) is 9.61 Å². The second kappa shape index (κ2) is 9.27. The van der Waals surface area contributed by atoms with E-state index in [2.05, 4.69) is 34.3 Å². The molecular weight excluding hydrogens is 485 g/mol. The van der Waals surface area contributed by atoms with E-state index in [1.165, 1.54) is 12.1 Å². The van der Waals surface area contributed by atoms with Crippen LogP contribution < -0.4 is 4.74 Å². The maximum Gasteiger partial charge on any atom is 0.218 e. The lowest BCUT2D eigenvalue weighted by molar-refractivity contribution is 0.131. The van der Waals surface area contributed by atoms with Crippen molar-refractivity contribution in [3.63, 3.8) is 0 Å². The van der Waals surface area contributed by atoms with Gasteiger partial charge >= 0.3 is 0 Å². The molecule has 5 rings (SSSR count). The van der Waals surface area contributed by atoms with Crippen LogP contribution in [-0.4, -0.2) is 45.7 Å². The van der Waals surface area contributed by atoms with Gasteiger partial charge in [-0.25, -0.2) is 17.8 Å². The van der Waals surface area contributed by atoms with Crippen molar-refractivity contribution >= 4 is 15.5 Å². The summed E-state index contributed by atoms with van der Waals surface area (Å²) in [6.45, 7) is 5.93. The maximum atomic E-state index is 15.0. The highest BCUT2D eigenvalue weighted by atomic mass is 32.2. The summed E-state index contributed by atoms with van der Waals surface area (Å²) in [5.41, 5.74) is 2.67. The summed E-state index contributed by atoms with van der Waals surface area (Å²) < 4.78 is 52.0. The quantitative estimate of drug-likeness (QED) is 0.359. The Morgan fingerprint density at radius 1 is 1.17 bits per heavy atom. The first-order chi connectivity index (χ1) is 17.1. The van der Waals surface area contributed by atoms with Crippen LogP contribution in [0.1, 0.15) is 68.5 Å². The van der Waals surface area contributed by atoms with E-state index in [-0.39, 0.29) is 28.4 Å². The van der Waals surface area contributed by atoms with E-state index in [0.717, 1.165) is 49.5 Å². The van der Waals surface area contributed by atoms with Gasteiger partial charge in [-0.15, -0.1) is 5.10 Å². The van der Waals surface area contributed by atoms with E-state index in [1.807, 2.05) is 0 Å². The third-order valence-corrected chi connectivity index (χ3v) is 7.83. The van der Waals surface area contributed by atoms with Crippen LogP contribution in [0.4, 0.5) is 4.39 Å². The minimum atomic E-state index is -3.52. The number of fused-ring (bicyclic) bond motifs is 1. The molecule has 11 heteroatoms. The van der Waals surface area contributed by atoms with Crippen molar-refractivity contribution in [3.05, 3.63) is 53.4 Å². The minimum Gasteiger partial charge on any atom is -0.474 e. The second-order valence-electron chi connectivity index (χ2n) is 9.66. The zero-order valence-corrected chi connectivity index (χ0v) is 21.4. The van der Waals surface area contributed by atoms with E-state index in [0.29, 0.717) is 22.8 Å². The third kappa shape index (κ3) is 4.47. The monoisotopic (exact) mass is 513 g/mol. The number of benzene rings is 1. The number of ether oxygens (including phenoxy) is 1. The van der Waals surface area contributed by atoms with Crippen LogP contribution >= 0.6 is 0 Å². The molecule has 9 nitrogen and oxygen atoms in total. The molecule has 3 heterocycles. The molecule has 0 unspecified atom stereocenters. The summed E-state index contributed by atoms with van der Waals surface area (Å²) in [4.78, 5) is 4.35. The zero-order chi connectivity index (χ0) is 25.6. The lowest BCUT2D eigenvalue weighted by Gasteiger charge is -2.28. The fourth-order valence-electron chi connectivity index (χ4n) is 4.87. The molecule has 36 heavy (non-hydrogen) atoms. The Hall–Kier alpha value is -3.34. The molecule has 0 N–H and O–H groups in total. The molecule has 1 aliphatic carbocycles. The minimum absolute atomic E-state index is 0.0102. The van der Waals surface area contributed by atoms with Gasteiger partial charge in [0, 0.05) is 41.2 Å². The highest BCUT2D eigenvalue weighted by Gasteiger charge is 2.30. The summed E-state index contributed by atoms with van der Waals surface area (Å²) in [6.07, 6.45) is 6.12. The number of aromatic nitrogens is 5. The average Bonchev–Trinajstić information content (AvgIpc) is 3.44. The van der Waals surface area contributed by atoms with E-state index in [4.69, 9.17) is 9.26 Å². The SMILES string of the molecule is Cc1nn2c(OC3CCC(c4onnc4C(C)C)CC3)ccnc2c1-c1ccc(S(C)(=O)=O)cc1F. The first-order valence-corrected chi connectivity index (χ1v) is 13.9. The molecule has 0 bridgehead atoms. The van der Waals surface area contributed by atoms with Gasteiger partial charge in [-0.3, -0.25) is 0 Å². The summed E-state index contributed by atoms with van der Waals surface area (Å²) in [5.74, 6) is 1.28. The highest BCUT2D eigenvalue weighted by Crippen LogP contribution is 2.38. The lowest BCUT2D eigenvalue weighted by atomic mass is 9.84. The number of rotatable bonds is 6. The molecule has 0 spiro atoms. The maximum absolute atomic E-state index is 15.0. The van der Waals surface area contributed by atoms with E-state index in [9.17, 15) is 12.8 Å². The van der Waals surface area contributed by atoms with E-state index in [1.54, 1.807) is 23.7 Å². The molecule has 1 fully saturated rings. The number of sulfone groups is 1. The smallest absolute Gasteiger partial charge is 0.218 e. The molecule has 190 valence electrons. The Morgan fingerprint density at radius 3 is 2.58 bits per heavy atom. The molecule has 4 aromatic rings. The summed E-state index contributed by atoms with van der Waals surface area (Å²) in [7, 11) is -3.52. The predicted molar refractivity (Wildman–Crippen MR) is 130 cm³/mol. The Labute approximate surface area is 208 Å². The Kier molecular flexibility index (Phi) is 6.27. The van der Waals surface area contributed by atoms with Crippen molar-refractivity contribution in [1.82, 2.24) is 25.0 Å². The Bertz CT molecular complexity index is 1520. The van der Waals surface area contributed by atoms with Gasteiger partial charge in [-0.05, 0) is 50.8 Å². The fourth-order valence-corrected chi connectivity index (χ4v) is 5.50. The lowest BCUT2D eigenvalue weighted by Crippen LogP contribution is -2.24. The topological polar surface area (TPSA) is 112 Å². The number of aryl methyl sites for hydroxylation is 1. The van der Waals surface area contributed by atoms with Crippen LogP contribution in [0.5, 0.6) is 5.88 Å². The van der Waals surface area contributed by atoms with Gasteiger partial charge in [-0.1, -0.05) is 13.8 Å². The first kappa shape index (κ1) is 24.4. The third-order valence-electron chi connectivity index (χ3n) is 6.72. The average molecular weight is 514 g/mol. The van der Waals surface area contributed by atoms with Gasteiger partial charge in [0.05, 0.1) is 16.2 Å². The van der Waals surface area contributed by atoms with Gasteiger partial charge in [0.1, 0.15) is 17.6 Å². The number of hydrogen-bond acceptors (Lipinski definition) is 8. The summed E-state index contributed by atoms with van der Waals surface area (Å²) >= 11 is 0. The molecule has 3 aromatic heterocycles. The van der Waals surface area contributed by atoms with Crippen LogP contribution in [-0.2, 0) is 9.84 Å². The molecule has 0 radical (unpaired) electrons. The Morgan fingerprint density at radius 2 is 1.92 bits per heavy atom. The normalized spacial score (nSPS) is 18.7. The zero-order valence-electron chi connectivity index (χ0n) is 20.6. The standard InChI is InChI=1S/C25H28FN5O4S/c1-14(2)23-24(35-30-28-23)16-5-7-17(8-6-16)34-21-11-12-27-25-22(15(3)29-31(21)25)19-10-9-18(13-20(19)26)36(4,32)33/h9-14,16-17H,5-8H2,1-4H3. The molecule has 0 amide bonds. The fraction of sp³-hybridized carbons (Fsp3) is 0.440. The van der Waals surface area contributed by atoms with Crippen molar-refractivity contribution in [2.24, 2.45) is 0 Å². The molecule has 0 atom stereocenters. The molecule has 0 saturated heterocycles. The highest BCUT2D eigenvalue weighted by molar-refractivity contribution is 7.90. The molecule has 1 aliphatic rings. The Balaban J connectivity index is 1.38. The van der Waals surface area contributed by atoms with Gasteiger partial charge in [0.2, 0.25) is 5.88 Å². The van der Waals surface area contributed by atoms with Crippen molar-refractivity contribution in [2.45, 2.75) is 69.3 Å². The number of hydrogen-bond donors (Lipinski definition) is 0. The van der Waals surface area contributed by atoms with Crippen molar-refractivity contribution in [3.8, 4) is 17.0 Å². The van der Waals surface area contributed by atoms with Crippen molar-refractivity contribution < 1.29 is 22.1 Å². The van der Waals surface area contributed by atoms with Gasteiger partial charge in [0.25, 0.3) is 0 Å². The second-order valence-corrected chi connectivity index (χ2v) is 11.7. The first-order valence-electron chi connectivity index (χ1n) is 12.0. The number of halogens is 1. The van der Waals surface area contributed by atoms with Gasteiger partial charge in [0.15, 0.2) is 21.2 Å². The molecular formula is C25H28FN5O4S. The molecule has 0 aliphatic heterocycles. The van der Waals surface area contributed by atoms with Crippen LogP contribution in [0.25, 0.3) is 16.8 Å². The predicted octanol–water partition coefficient (Wildman–Crippen LogP) is 4.86. The van der Waals surface area contributed by atoms with Crippen LogP contribution in [0.2, 0.25) is 0 Å². The van der Waals surface area contributed by atoms with Gasteiger partial charge < -0.3 is 9.26 Å². The van der Waals surface area contributed by atoms with Crippen LogP contribution in [0.3, 0.4) is 0 Å².